The molecule has 0 saturated heterocycles. The summed E-state index contributed by atoms with van der Waals surface area (Å²) in [5, 5.41) is 5.10. The van der Waals surface area contributed by atoms with Gasteiger partial charge in [0.05, 0.1) is 22.5 Å². The highest BCUT2D eigenvalue weighted by Gasteiger charge is 2.65. The number of benzene rings is 1. The van der Waals surface area contributed by atoms with Crippen molar-refractivity contribution >= 4 is 27.5 Å². The van der Waals surface area contributed by atoms with Crippen molar-refractivity contribution in [3.8, 4) is 11.6 Å². The molecule has 2 aromatic rings. The molecule has 2 bridgehead atoms. The van der Waals surface area contributed by atoms with Gasteiger partial charge in [0.1, 0.15) is 5.78 Å². The molecule has 4 rings (SSSR count). The van der Waals surface area contributed by atoms with Gasteiger partial charge in [0, 0.05) is 17.5 Å². The monoisotopic (exact) mass is 450 g/mol. The van der Waals surface area contributed by atoms with Crippen LogP contribution in [0.5, 0.6) is 5.88 Å². The normalized spacial score (nSPS) is 25.3. The first kappa shape index (κ1) is 21.4. The predicted octanol–water partition coefficient (Wildman–Crippen LogP) is 4.75. The van der Waals surface area contributed by atoms with Gasteiger partial charge < -0.3 is 4.18 Å². The summed E-state index contributed by atoms with van der Waals surface area (Å²) in [5.74, 6) is 0.200. The number of hydrogen-bond acceptors (Lipinski definition) is 5. The number of hydrogen-bond donors (Lipinski definition) is 0. The summed E-state index contributed by atoms with van der Waals surface area (Å²) in [6, 6.07) is 8.58. The first-order chi connectivity index (χ1) is 13.9. The summed E-state index contributed by atoms with van der Waals surface area (Å²) in [5.41, 5.74) is 0.141. The molecule has 6 nitrogen and oxygen atoms in total. The average Bonchev–Trinajstić information content (AvgIpc) is 3.21. The lowest BCUT2D eigenvalue weighted by Gasteiger charge is -2.35. The van der Waals surface area contributed by atoms with E-state index >= 15 is 0 Å². The number of aromatic nitrogens is 2. The Labute approximate surface area is 182 Å². The van der Waals surface area contributed by atoms with Gasteiger partial charge in [-0.3, -0.25) is 4.79 Å². The van der Waals surface area contributed by atoms with E-state index in [-0.39, 0.29) is 34.7 Å². The molecule has 0 radical (unpaired) electrons. The first-order valence-corrected chi connectivity index (χ1v) is 12.2. The number of nitrogens with zero attached hydrogens (tertiary/aromatic N) is 2. The molecule has 2 aliphatic rings. The van der Waals surface area contributed by atoms with Crippen LogP contribution >= 0.6 is 11.6 Å². The number of halogens is 1. The number of fused-ring (bicyclic) bond motifs is 2. The fourth-order valence-corrected chi connectivity index (χ4v) is 6.90. The summed E-state index contributed by atoms with van der Waals surface area (Å²) < 4.78 is 33.4. The second kappa shape index (κ2) is 7.09. The molecule has 0 aliphatic heterocycles. The SMILES string of the molecule is CC(C)c1cc(OS(=O)(=O)CC23CCC(CC2=O)C3(C)C)n(-c2ccc(Cl)cc2)n1. The minimum absolute atomic E-state index is 0.0463. The van der Waals surface area contributed by atoms with Crippen molar-refractivity contribution in [3.05, 3.63) is 41.0 Å². The van der Waals surface area contributed by atoms with E-state index in [1.165, 1.54) is 4.68 Å². The van der Waals surface area contributed by atoms with Crippen molar-refractivity contribution in [1.29, 1.82) is 0 Å². The minimum atomic E-state index is -4.02. The van der Waals surface area contributed by atoms with Gasteiger partial charge in [-0.2, -0.15) is 18.2 Å². The van der Waals surface area contributed by atoms with E-state index in [1.807, 2.05) is 27.7 Å². The molecule has 0 N–H and O–H groups in total. The maximum atomic E-state index is 13.2. The molecule has 2 unspecified atom stereocenters. The molecule has 162 valence electrons. The van der Waals surface area contributed by atoms with E-state index in [0.29, 0.717) is 29.2 Å². The van der Waals surface area contributed by atoms with E-state index in [0.717, 1.165) is 6.42 Å². The molecule has 0 spiro atoms. The Morgan fingerprint density at radius 1 is 1.27 bits per heavy atom. The highest BCUT2D eigenvalue weighted by Crippen LogP contribution is 2.64. The summed E-state index contributed by atoms with van der Waals surface area (Å²) in [6.45, 7) is 7.98. The van der Waals surface area contributed by atoms with E-state index in [2.05, 4.69) is 5.10 Å². The molecule has 2 atom stereocenters. The number of ketones is 1. The van der Waals surface area contributed by atoms with Crippen molar-refractivity contribution in [2.24, 2.45) is 16.7 Å². The van der Waals surface area contributed by atoms with Gasteiger partial charge in [0.25, 0.3) is 0 Å². The van der Waals surface area contributed by atoms with Crippen LogP contribution in [0, 0.1) is 16.7 Å². The fraction of sp³-hybridized carbons (Fsp3) is 0.545. The van der Waals surface area contributed by atoms with Crippen molar-refractivity contribution in [2.45, 2.75) is 52.9 Å². The second-order valence-corrected chi connectivity index (χ2v) is 11.4. The van der Waals surface area contributed by atoms with Crippen LogP contribution in [0.1, 0.15) is 58.6 Å². The Kier molecular flexibility index (Phi) is 5.05. The third-order valence-electron chi connectivity index (χ3n) is 7.13. The molecule has 1 aromatic carbocycles. The van der Waals surface area contributed by atoms with Crippen molar-refractivity contribution < 1.29 is 17.4 Å². The number of Topliss-reactive ketones (excluding diaryl/α,β-unsaturated/α-hetero) is 1. The maximum absolute atomic E-state index is 13.2. The van der Waals surface area contributed by atoms with Crippen LogP contribution in [-0.4, -0.2) is 29.7 Å². The summed E-state index contributed by atoms with van der Waals surface area (Å²) >= 11 is 5.98. The lowest BCUT2D eigenvalue weighted by molar-refractivity contribution is -0.128. The van der Waals surface area contributed by atoms with Crippen LogP contribution < -0.4 is 4.18 Å². The Bertz CT molecular complexity index is 1090. The number of carbonyl (C=O) groups excluding carboxylic acids is 1. The Hall–Kier alpha value is -1.86. The average molecular weight is 451 g/mol. The Balaban J connectivity index is 1.68. The van der Waals surface area contributed by atoms with Gasteiger partial charge in [0.15, 0.2) is 0 Å². The zero-order chi connectivity index (χ0) is 21.9. The van der Waals surface area contributed by atoms with Crippen LogP contribution in [0.4, 0.5) is 0 Å². The maximum Gasteiger partial charge on any atom is 0.311 e. The van der Waals surface area contributed by atoms with Gasteiger partial charge in [-0.1, -0.05) is 39.3 Å². The zero-order valence-electron chi connectivity index (χ0n) is 17.7. The smallest absolute Gasteiger partial charge is 0.311 e. The standard InChI is InChI=1S/C22H27ClN2O4S/c1-14(2)18-12-20(25(24-18)17-7-5-16(23)6-8-17)29-30(27,28)13-22-10-9-15(11-19(22)26)21(22,3)4/h5-8,12,14-15H,9-11,13H2,1-4H3. The van der Waals surface area contributed by atoms with E-state index in [4.69, 9.17) is 15.8 Å². The topological polar surface area (TPSA) is 78.3 Å². The van der Waals surface area contributed by atoms with Crippen LogP contribution in [0.25, 0.3) is 5.69 Å². The van der Waals surface area contributed by atoms with E-state index in [9.17, 15) is 13.2 Å². The summed E-state index contributed by atoms with van der Waals surface area (Å²) in [6.07, 6.45) is 1.94. The van der Waals surface area contributed by atoms with Gasteiger partial charge >= 0.3 is 10.1 Å². The first-order valence-electron chi connectivity index (χ1n) is 10.3. The van der Waals surface area contributed by atoms with Crippen LogP contribution in [0.3, 0.4) is 0 Å². The van der Waals surface area contributed by atoms with Crippen molar-refractivity contribution in [1.82, 2.24) is 9.78 Å². The third kappa shape index (κ3) is 3.36. The fourth-order valence-electron chi connectivity index (χ4n) is 5.06. The van der Waals surface area contributed by atoms with Gasteiger partial charge in [-0.15, -0.1) is 0 Å². The van der Waals surface area contributed by atoms with E-state index in [1.54, 1.807) is 30.3 Å². The molecule has 30 heavy (non-hydrogen) atoms. The molecule has 8 heteroatoms. The van der Waals surface area contributed by atoms with Crippen molar-refractivity contribution in [3.63, 3.8) is 0 Å². The highest BCUT2D eigenvalue weighted by molar-refractivity contribution is 7.87. The van der Waals surface area contributed by atoms with Crippen molar-refractivity contribution in [2.75, 3.05) is 5.75 Å². The molecule has 2 fully saturated rings. The molecule has 1 aromatic heterocycles. The molecule has 0 amide bonds. The minimum Gasteiger partial charge on any atom is -0.361 e. The lowest BCUT2D eigenvalue weighted by atomic mass is 9.70. The van der Waals surface area contributed by atoms with Crippen LogP contribution in [-0.2, 0) is 14.9 Å². The summed E-state index contributed by atoms with van der Waals surface area (Å²) in [7, 11) is -4.02. The highest BCUT2D eigenvalue weighted by atomic mass is 35.5. The molecule has 1 heterocycles. The quantitative estimate of drug-likeness (QED) is 0.593. The van der Waals surface area contributed by atoms with Gasteiger partial charge in [-0.25, -0.2) is 0 Å². The number of rotatable bonds is 6. The zero-order valence-corrected chi connectivity index (χ0v) is 19.3. The van der Waals surface area contributed by atoms with Crippen LogP contribution in [0.15, 0.2) is 30.3 Å². The van der Waals surface area contributed by atoms with E-state index < -0.39 is 15.5 Å². The summed E-state index contributed by atoms with van der Waals surface area (Å²) in [4.78, 5) is 12.8. The number of carbonyl (C=O) groups is 1. The third-order valence-corrected chi connectivity index (χ3v) is 8.66. The Morgan fingerprint density at radius 3 is 2.47 bits per heavy atom. The molecule has 2 aliphatic carbocycles. The molecule has 2 saturated carbocycles. The van der Waals surface area contributed by atoms with Gasteiger partial charge in [-0.05, 0) is 54.4 Å². The lowest BCUT2D eigenvalue weighted by Crippen LogP contribution is -2.43. The Morgan fingerprint density at radius 2 is 1.93 bits per heavy atom. The van der Waals surface area contributed by atoms with Crippen LogP contribution in [0.2, 0.25) is 5.02 Å². The van der Waals surface area contributed by atoms with Gasteiger partial charge in [0.2, 0.25) is 5.88 Å². The second-order valence-electron chi connectivity index (χ2n) is 9.40. The largest absolute Gasteiger partial charge is 0.361 e. The molecular formula is C22H27ClN2O4S. The predicted molar refractivity (Wildman–Crippen MR) is 116 cm³/mol. The molecular weight excluding hydrogens is 424 g/mol.